The maximum absolute atomic E-state index is 3.36. The second kappa shape index (κ2) is 21.7. The van der Waals surface area contributed by atoms with Crippen LogP contribution in [0.4, 0.5) is 0 Å². The first-order chi connectivity index (χ1) is 11.0. The van der Waals surface area contributed by atoms with Gasteiger partial charge in [0.2, 0.25) is 0 Å². The molecule has 4 heteroatoms. The normalized spacial score (nSPS) is 17.0. The monoisotopic (exact) mass is 489 g/mol. The van der Waals surface area contributed by atoms with E-state index in [0.717, 1.165) is 15.9 Å². The van der Waals surface area contributed by atoms with Crippen LogP contribution in [0.5, 0.6) is 0 Å². The van der Waals surface area contributed by atoms with Gasteiger partial charge in [-0.2, -0.15) is 22.8 Å². The van der Waals surface area contributed by atoms with E-state index in [2.05, 4.69) is 84.2 Å². The Kier molecular flexibility index (Phi) is 28.3. The summed E-state index contributed by atoms with van der Waals surface area (Å²) in [4.78, 5) is 0. The van der Waals surface area contributed by atoms with Gasteiger partial charge in [0.05, 0.1) is 0 Å². The fourth-order valence-electron chi connectivity index (χ4n) is 2.23. The maximum atomic E-state index is 3.36. The van der Waals surface area contributed by atoms with Crippen molar-refractivity contribution in [1.29, 1.82) is 0 Å². The van der Waals surface area contributed by atoms with Gasteiger partial charge in [0, 0.05) is 9.52 Å². The van der Waals surface area contributed by atoms with Crippen LogP contribution in [0, 0.1) is 18.1 Å². The van der Waals surface area contributed by atoms with Gasteiger partial charge in [-0.05, 0) is 6.42 Å². The van der Waals surface area contributed by atoms with Crippen molar-refractivity contribution in [3.8, 4) is 0 Å². The van der Waals surface area contributed by atoms with Crippen LogP contribution < -0.4 is 0 Å². The van der Waals surface area contributed by atoms with Crippen LogP contribution in [0.3, 0.4) is 0 Å². The molecule has 0 bridgehead atoms. The Morgan fingerprint density at radius 1 is 1.19 bits per heavy atom. The average Bonchev–Trinajstić information content (AvgIpc) is 3.11. The molecule has 0 amide bonds. The largest absolute Gasteiger partial charge is 2.00 e. The van der Waals surface area contributed by atoms with Crippen molar-refractivity contribution >= 4 is 34.3 Å². The molecule has 0 aromatic carbocycles. The summed E-state index contributed by atoms with van der Waals surface area (Å²) >= 11 is 0. The van der Waals surface area contributed by atoms with E-state index in [1.54, 1.807) is 0 Å². The molecule has 1 unspecified atom stereocenters. The zero-order chi connectivity index (χ0) is 17.7. The summed E-state index contributed by atoms with van der Waals surface area (Å²) in [6, 6.07) is 0. The van der Waals surface area contributed by atoms with E-state index < -0.39 is 0 Å². The second-order valence-electron chi connectivity index (χ2n) is 6.18. The van der Waals surface area contributed by atoms with Crippen molar-refractivity contribution in [1.82, 2.24) is 0 Å². The minimum atomic E-state index is 0. The Labute approximate surface area is 197 Å². The van der Waals surface area contributed by atoms with Crippen LogP contribution in [-0.2, 0) is 26.2 Å². The summed E-state index contributed by atoms with van der Waals surface area (Å²) in [5.74, 6) is 0.560. The summed E-state index contributed by atoms with van der Waals surface area (Å²) in [6.45, 7) is 15.3. The van der Waals surface area contributed by atoms with Gasteiger partial charge in [-0.3, -0.25) is 12.2 Å². The minimum Gasteiger partial charge on any atom is -0.272 e. The van der Waals surface area contributed by atoms with Gasteiger partial charge in [-0.25, -0.2) is 11.6 Å². The summed E-state index contributed by atoms with van der Waals surface area (Å²) < 4.78 is 0. The quantitative estimate of drug-likeness (QED) is 0.217. The molecular weight excluding hydrogens is 454 g/mol. The molecule has 147 valence electrons. The van der Waals surface area contributed by atoms with Crippen LogP contribution >= 0.6 is 24.8 Å². The van der Waals surface area contributed by atoms with Crippen molar-refractivity contribution in [3.05, 3.63) is 58.7 Å². The minimum absolute atomic E-state index is 0. The summed E-state index contributed by atoms with van der Waals surface area (Å²) in [7, 11) is 0.750. The number of halogens is 2. The van der Waals surface area contributed by atoms with Gasteiger partial charge in [0.15, 0.2) is 0 Å². The van der Waals surface area contributed by atoms with E-state index in [4.69, 9.17) is 0 Å². The van der Waals surface area contributed by atoms with Crippen molar-refractivity contribution in [2.24, 2.45) is 5.92 Å². The smallest absolute Gasteiger partial charge is 0.272 e. The molecule has 0 saturated carbocycles. The number of rotatable bonds is 4. The molecule has 0 aliphatic heterocycles. The van der Waals surface area contributed by atoms with Gasteiger partial charge in [-0.1, -0.05) is 59.5 Å². The average molecular weight is 492 g/mol. The topological polar surface area (TPSA) is 0 Å². The Morgan fingerprint density at radius 3 is 2.08 bits per heavy atom. The zero-order valence-corrected chi connectivity index (χ0v) is 22.9. The van der Waals surface area contributed by atoms with Crippen molar-refractivity contribution in [2.45, 2.75) is 73.4 Å². The number of hydrogen-bond acceptors (Lipinski definition) is 0. The van der Waals surface area contributed by atoms with Crippen LogP contribution in [-0.4, -0.2) is 9.52 Å². The fourth-order valence-corrected chi connectivity index (χ4v) is 2.23. The van der Waals surface area contributed by atoms with Crippen LogP contribution in [0.15, 0.2) is 46.6 Å². The Bertz CT molecular complexity index is 488. The third-order valence-corrected chi connectivity index (χ3v) is 4.00. The van der Waals surface area contributed by atoms with Crippen molar-refractivity contribution in [2.75, 3.05) is 0 Å². The standard InChI is InChI=1S/C11H15.C9H13.C2H7Si.2ClH.Zr/c1-2-3-4-5-8-11-9-6-7-10-11;1-6-5-7(2)9(4)8(6)3;1-3-2;;;/h5,8-10H,2-4,6H2,1H3;6H,1-4H3;3H,1-2H3;2*1H;/q2*-1;;;;+2. The third-order valence-electron chi connectivity index (χ3n) is 4.00. The summed E-state index contributed by atoms with van der Waals surface area (Å²) in [5.41, 5.74) is 5.57. The number of hydrogen-bond donors (Lipinski definition) is 0. The fraction of sp³-hybridized carbons (Fsp3) is 0.545. The first-order valence-corrected chi connectivity index (χ1v) is 11.2. The van der Waals surface area contributed by atoms with Crippen molar-refractivity contribution < 1.29 is 26.2 Å². The second-order valence-corrected chi connectivity index (χ2v) is 7.33. The molecule has 0 heterocycles. The van der Waals surface area contributed by atoms with Crippen LogP contribution in [0.2, 0.25) is 13.1 Å². The number of allylic oxidation sites excluding steroid dienone is 10. The summed E-state index contributed by atoms with van der Waals surface area (Å²) in [5, 5.41) is 0. The van der Waals surface area contributed by atoms with E-state index in [-0.39, 0.29) is 51.0 Å². The Hall–Kier alpha value is 0.380. The van der Waals surface area contributed by atoms with E-state index in [1.807, 2.05) is 0 Å². The van der Waals surface area contributed by atoms with Gasteiger partial charge in [0.1, 0.15) is 0 Å². The van der Waals surface area contributed by atoms with Crippen LogP contribution in [0.1, 0.15) is 60.3 Å². The molecule has 2 aliphatic rings. The molecule has 1 atom stereocenters. The SMILES string of the molecule is CC1=[C-]C(C)C(C)=C1C.CCCCC=CC1=CC[C-]=C1.C[SiH]C.Cl.Cl.[Zr+2]. The molecule has 0 fully saturated rings. The van der Waals surface area contributed by atoms with Crippen LogP contribution in [0.25, 0.3) is 0 Å². The molecule has 0 aromatic rings. The molecule has 0 spiro atoms. The van der Waals surface area contributed by atoms with E-state index in [1.165, 1.54) is 41.6 Å². The predicted octanol–water partition coefficient (Wildman–Crippen LogP) is 7.50. The van der Waals surface area contributed by atoms with E-state index >= 15 is 0 Å². The van der Waals surface area contributed by atoms with Gasteiger partial charge < -0.3 is 0 Å². The van der Waals surface area contributed by atoms with Gasteiger partial charge >= 0.3 is 26.2 Å². The molecular formula is C22H37Cl2SiZr. The van der Waals surface area contributed by atoms with Crippen molar-refractivity contribution in [3.63, 3.8) is 0 Å². The molecule has 2 rings (SSSR count). The Morgan fingerprint density at radius 2 is 1.77 bits per heavy atom. The van der Waals surface area contributed by atoms with E-state index in [9.17, 15) is 0 Å². The molecule has 0 nitrogen and oxygen atoms in total. The first kappa shape index (κ1) is 33.9. The molecule has 0 N–H and O–H groups in total. The molecule has 0 aromatic heterocycles. The third kappa shape index (κ3) is 15.4. The predicted molar refractivity (Wildman–Crippen MR) is 123 cm³/mol. The molecule has 26 heavy (non-hydrogen) atoms. The first-order valence-electron chi connectivity index (χ1n) is 8.92. The Balaban J connectivity index is -0.000000148. The van der Waals surface area contributed by atoms with Gasteiger partial charge in [-0.15, -0.1) is 50.3 Å². The number of unbranched alkanes of at least 4 members (excludes halogenated alkanes) is 2. The molecule has 1 radical (unpaired) electrons. The van der Waals surface area contributed by atoms with Gasteiger partial charge in [0.25, 0.3) is 0 Å². The molecule has 2 aliphatic carbocycles. The summed E-state index contributed by atoms with van der Waals surface area (Å²) in [6.07, 6.45) is 20.0. The maximum Gasteiger partial charge on any atom is 2.00 e. The molecule has 0 saturated heterocycles. The zero-order valence-electron chi connectivity index (χ0n) is 17.6. The van der Waals surface area contributed by atoms with E-state index in [0.29, 0.717) is 5.92 Å².